The molecule has 54 heavy (non-hydrogen) atoms. The fourth-order valence-corrected chi connectivity index (χ4v) is 11.5. The summed E-state index contributed by atoms with van der Waals surface area (Å²) in [7, 11) is 0. The van der Waals surface area contributed by atoms with Crippen molar-refractivity contribution in [2.24, 2.45) is 28.6 Å². The zero-order valence-corrected chi connectivity index (χ0v) is 31.4. The van der Waals surface area contributed by atoms with Crippen molar-refractivity contribution < 1.29 is 42.1 Å². The molecule has 0 amide bonds. The van der Waals surface area contributed by atoms with Crippen molar-refractivity contribution in [1.82, 2.24) is 0 Å². The van der Waals surface area contributed by atoms with Gasteiger partial charge in [-0.15, -0.1) is 0 Å². The van der Waals surface area contributed by atoms with E-state index < -0.39 is 80.6 Å². The van der Waals surface area contributed by atoms with E-state index in [0.717, 1.165) is 22.8 Å². The minimum Gasteiger partial charge on any atom is -0.449 e. The number of aliphatic hydroxyl groups is 1. The number of ketones is 1. The summed E-state index contributed by atoms with van der Waals surface area (Å²) in [6.07, 6.45) is -0.463. The number of halogens is 3. The average Bonchev–Trinajstić information content (AvgIpc) is 3.39. The van der Waals surface area contributed by atoms with E-state index in [9.17, 15) is 23.9 Å². The second-order valence-electron chi connectivity index (χ2n) is 15.6. The Kier molecular flexibility index (Phi) is 10.1. The summed E-state index contributed by atoms with van der Waals surface area (Å²) in [5, 5.41) is 11.1. The highest BCUT2D eigenvalue weighted by Gasteiger charge is 2.78. The summed E-state index contributed by atoms with van der Waals surface area (Å²) in [5.74, 6) is -3.77. The maximum Gasteiger partial charge on any atom is 0.309 e. The number of esters is 1. The minimum absolute atomic E-state index is 0.0122. The molecule has 6 nitrogen and oxygen atoms in total. The summed E-state index contributed by atoms with van der Waals surface area (Å²) >= 11 is 0.374. The molecule has 10 heteroatoms. The highest BCUT2D eigenvalue weighted by molar-refractivity contribution is 8.13. The minimum atomic E-state index is -2.39. The molecule has 3 aromatic rings. The van der Waals surface area contributed by atoms with Crippen molar-refractivity contribution in [2.45, 2.75) is 75.6 Å². The van der Waals surface area contributed by atoms with Crippen LogP contribution in [-0.2, 0) is 29.5 Å². The first-order chi connectivity index (χ1) is 25.8. The van der Waals surface area contributed by atoms with Gasteiger partial charge in [-0.3, -0.25) is 14.4 Å². The number of carbonyl (C=O) groups is 3. The van der Waals surface area contributed by atoms with Gasteiger partial charge in [0.15, 0.2) is 17.1 Å². The second kappa shape index (κ2) is 14.3. The van der Waals surface area contributed by atoms with Crippen LogP contribution in [0.15, 0.2) is 115 Å². The number of allylic oxidation sites excluding steroid dienone is 4. The topological polar surface area (TPSA) is 89.9 Å². The molecule has 4 aliphatic rings. The molecule has 1 N–H and O–H groups in total. The fourth-order valence-electron chi connectivity index (χ4n) is 10.7. The Morgan fingerprint density at radius 3 is 2.00 bits per heavy atom. The van der Waals surface area contributed by atoms with Gasteiger partial charge >= 0.3 is 5.97 Å². The van der Waals surface area contributed by atoms with E-state index in [4.69, 9.17) is 9.47 Å². The zero-order chi connectivity index (χ0) is 38.5. The number of ether oxygens (including phenoxy) is 2. The monoisotopic (exact) mass is 758 g/mol. The van der Waals surface area contributed by atoms with Gasteiger partial charge < -0.3 is 14.6 Å². The molecule has 0 heterocycles. The molecule has 0 saturated heterocycles. The molecule has 0 spiro atoms. The maximum atomic E-state index is 17.8. The molecule has 4 aliphatic carbocycles. The number of fused-ring (bicyclic) bond motifs is 5. The standard InChI is InChI=1S/C44H45F3O6S/c1-28-23-33-34-25-36(46)35-24-32(48)19-21-40(35,2)43(34,47)37(49)26-41(33,3)44(28,39(51)54-27-45)53-38(50)20-22-52-42(29-13-7-4-8-14-29,30-15-9-5-10-16-30)31-17-11-6-12-18-31/h4-19,21,24,28,33-34,36-37,49H,20,22-23,25-27H2,1-3H3/t28-,33+,34+,36+,37+,40+,41+,43+,44+/m1/s1. The molecule has 0 bridgehead atoms. The van der Waals surface area contributed by atoms with E-state index in [1.54, 1.807) is 13.8 Å². The summed E-state index contributed by atoms with van der Waals surface area (Å²) in [4.78, 5) is 40.6. The molecule has 0 aliphatic heterocycles. The Hall–Kier alpha value is -3.99. The molecular formula is C44H45F3O6S. The highest BCUT2D eigenvalue weighted by Crippen LogP contribution is 2.72. The molecule has 3 aromatic carbocycles. The lowest BCUT2D eigenvalue weighted by molar-refractivity contribution is -0.229. The number of benzene rings is 3. The number of carbonyl (C=O) groups excluding carboxylic acids is 3. The van der Waals surface area contributed by atoms with E-state index in [1.807, 2.05) is 91.0 Å². The Labute approximate surface area is 318 Å². The normalized spacial score (nSPS) is 34.3. The van der Waals surface area contributed by atoms with Gasteiger partial charge in [-0.05, 0) is 78.3 Å². The van der Waals surface area contributed by atoms with Gasteiger partial charge in [-0.2, -0.15) is 0 Å². The third-order valence-electron chi connectivity index (χ3n) is 13.1. The van der Waals surface area contributed by atoms with Crippen LogP contribution in [0.25, 0.3) is 0 Å². The van der Waals surface area contributed by atoms with Gasteiger partial charge in [0, 0.05) is 22.7 Å². The summed E-state index contributed by atoms with van der Waals surface area (Å²) in [6, 6.07) is 27.8. The van der Waals surface area contributed by atoms with E-state index in [1.165, 1.54) is 19.1 Å². The fraction of sp³-hybridized carbons (Fsp3) is 0.432. The molecule has 0 aromatic heterocycles. The molecule has 7 rings (SSSR count). The lowest BCUT2D eigenvalue weighted by atomic mass is 9.44. The van der Waals surface area contributed by atoms with Crippen LogP contribution in [-0.4, -0.2) is 58.1 Å². The molecular weight excluding hydrogens is 714 g/mol. The number of alkyl halides is 3. The predicted octanol–water partition coefficient (Wildman–Crippen LogP) is 8.42. The largest absolute Gasteiger partial charge is 0.449 e. The van der Waals surface area contributed by atoms with Crippen molar-refractivity contribution in [2.75, 3.05) is 12.6 Å². The molecule has 9 atom stereocenters. The molecule has 0 radical (unpaired) electrons. The Morgan fingerprint density at radius 2 is 1.46 bits per heavy atom. The van der Waals surface area contributed by atoms with E-state index >= 15 is 8.78 Å². The highest BCUT2D eigenvalue weighted by atomic mass is 32.2. The first-order valence-electron chi connectivity index (χ1n) is 18.5. The quantitative estimate of drug-likeness (QED) is 0.164. The lowest BCUT2D eigenvalue weighted by Crippen LogP contribution is -2.70. The molecule has 284 valence electrons. The van der Waals surface area contributed by atoms with Crippen LogP contribution >= 0.6 is 11.8 Å². The van der Waals surface area contributed by atoms with Crippen LogP contribution in [0.5, 0.6) is 0 Å². The van der Waals surface area contributed by atoms with Crippen LogP contribution in [0.1, 0.15) is 63.1 Å². The van der Waals surface area contributed by atoms with Gasteiger partial charge in [0.2, 0.25) is 5.12 Å². The van der Waals surface area contributed by atoms with Crippen LogP contribution in [0.4, 0.5) is 13.2 Å². The summed E-state index contributed by atoms with van der Waals surface area (Å²) in [6.45, 7) is 4.76. The van der Waals surface area contributed by atoms with Crippen molar-refractivity contribution in [1.29, 1.82) is 0 Å². The van der Waals surface area contributed by atoms with Crippen LogP contribution < -0.4 is 0 Å². The second-order valence-corrected chi connectivity index (χ2v) is 16.5. The average molecular weight is 759 g/mol. The third kappa shape index (κ3) is 5.57. The zero-order valence-electron chi connectivity index (χ0n) is 30.6. The number of hydrogen-bond donors (Lipinski definition) is 1. The Balaban J connectivity index is 1.21. The first kappa shape index (κ1) is 38.3. The maximum absolute atomic E-state index is 17.8. The number of hydrogen-bond acceptors (Lipinski definition) is 7. The number of rotatable bonds is 10. The molecule has 3 fully saturated rings. The third-order valence-corrected chi connectivity index (χ3v) is 13.8. The Morgan fingerprint density at radius 1 is 0.907 bits per heavy atom. The van der Waals surface area contributed by atoms with Crippen LogP contribution in [0.3, 0.4) is 0 Å². The van der Waals surface area contributed by atoms with Crippen molar-refractivity contribution in [3.63, 3.8) is 0 Å². The SMILES string of the molecule is C[C@@H]1C[C@H]2[C@@H]3C[C@H](F)C4=CC(=O)C=C[C@]4(C)[C@@]3(F)[C@@H](O)C[C@]2(C)[C@@]1(OC(=O)CCOC(c1ccccc1)(c1ccccc1)c1ccccc1)C(=O)SCF. The lowest BCUT2D eigenvalue weighted by Gasteiger charge is -2.63. The summed E-state index contributed by atoms with van der Waals surface area (Å²) in [5.41, 5.74) is -5.99. The van der Waals surface area contributed by atoms with E-state index in [-0.39, 0.29) is 37.9 Å². The van der Waals surface area contributed by atoms with Gasteiger partial charge in [0.05, 0.1) is 19.1 Å². The van der Waals surface area contributed by atoms with Gasteiger partial charge in [0.1, 0.15) is 17.8 Å². The molecule has 3 saturated carbocycles. The summed E-state index contributed by atoms with van der Waals surface area (Å²) < 4.78 is 61.0. The number of thioether (sulfide) groups is 1. The smallest absolute Gasteiger partial charge is 0.309 e. The predicted molar refractivity (Wildman–Crippen MR) is 200 cm³/mol. The molecule has 0 unspecified atom stereocenters. The Bertz CT molecular complexity index is 1860. The van der Waals surface area contributed by atoms with Gasteiger partial charge in [-0.25, -0.2) is 13.2 Å². The van der Waals surface area contributed by atoms with Crippen LogP contribution in [0.2, 0.25) is 0 Å². The van der Waals surface area contributed by atoms with Gasteiger partial charge in [-0.1, -0.05) is 111 Å². The van der Waals surface area contributed by atoms with Crippen LogP contribution in [0, 0.1) is 28.6 Å². The van der Waals surface area contributed by atoms with Gasteiger partial charge in [0.25, 0.3) is 0 Å². The van der Waals surface area contributed by atoms with Crippen molar-refractivity contribution in [3.05, 3.63) is 131 Å². The van der Waals surface area contributed by atoms with Crippen molar-refractivity contribution in [3.8, 4) is 0 Å². The number of aliphatic hydroxyl groups excluding tert-OH is 1. The van der Waals surface area contributed by atoms with E-state index in [2.05, 4.69) is 0 Å². The van der Waals surface area contributed by atoms with E-state index in [0.29, 0.717) is 11.8 Å². The van der Waals surface area contributed by atoms with Crippen molar-refractivity contribution >= 4 is 28.6 Å². The first-order valence-corrected chi connectivity index (χ1v) is 19.5.